The SMILES string of the molecule is CCC(SCC(=O)Nc1c(F)cccc1F)C(=O)O. The molecule has 1 rings (SSSR count). The Morgan fingerprint density at radius 2 is 1.95 bits per heavy atom. The normalized spacial score (nSPS) is 11.9. The lowest BCUT2D eigenvalue weighted by Crippen LogP contribution is -2.21. The van der Waals surface area contributed by atoms with E-state index in [9.17, 15) is 18.4 Å². The lowest BCUT2D eigenvalue weighted by molar-refractivity contribution is -0.136. The first-order chi connectivity index (χ1) is 8.95. The maximum atomic E-state index is 13.2. The molecule has 0 radical (unpaired) electrons. The Hall–Kier alpha value is -1.63. The highest BCUT2D eigenvalue weighted by Gasteiger charge is 2.18. The molecule has 1 unspecified atom stereocenters. The molecule has 7 heteroatoms. The predicted molar refractivity (Wildman–Crippen MR) is 69.2 cm³/mol. The lowest BCUT2D eigenvalue weighted by atomic mass is 10.3. The first-order valence-corrected chi connectivity index (χ1v) is 6.58. The average Bonchev–Trinajstić information content (AvgIpc) is 2.34. The zero-order valence-electron chi connectivity index (χ0n) is 10.2. The number of nitrogens with one attached hydrogen (secondary N) is 1. The maximum absolute atomic E-state index is 13.2. The van der Waals surface area contributed by atoms with Crippen LogP contribution >= 0.6 is 11.8 Å². The van der Waals surface area contributed by atoms with E-state index in [0.717, 1.165) is 23.9 Å². The number of carboxylic acid groups (broad SMARTS) is 1. The van der Waals surface area contributed by atoms with Crippen LogP contribution in [0.25, 0.3) is 0 Å². The third-order valence-corrected chi connectivity index (χ3v) is 3.66. The molecule has 0 aliphatic carbocycles. The molecular weight excluding hydrogens is 276 g/mol. The number of carbonyl (C=O) groups excluding carboxylic acids is 1. The van der Waals surface area contributed by atoms with E-state index in [1.54, 1.807) is 6.92 Å². The molecule has 0 saturated carbocycles. The van der Waals surface area contributed by atoms with Gasteiger partial charge in [0.2, 0.25) is 5.91 Å². The first-order valence-electron chi connectivity index (χ1n) is 5.54. The molecule has 1 atom stereocenters. The van der Waals surface area contributed by atoms with Crippen molar-refractivity contribution in [2.45, 2.75) is 18.6 Å². The largest absolute Gasteiger partial charge is 0.480 e. The summed E-state index contributed by atoms with van der Waals surface area (Å²) >= 11 is 0.912. The van der Waals surface area contributed by atoms with E-state index in [2.05, 4.69) is 5.32 Å². The summed E-state index contributed by atoms with van der Waals surface area (Å²) in [5.41, 5.74) is -0.517. The third kappa shape index (κ3) is 4.51. The van der Waals surface area contributed by atoms with Crippen molar-refractivity contribution in [1.82, 2.24) is 0 Å². The van der Waals surface area contributed by atoms with Crippen LogP contribution in [0.2, 0.25) is 0 Å². The standard InChI is InChI=1S/C12H13F2NO3S/c1-2-9(12(17)18)19-6-10(16)15-11-7(13)4-3-5-8(11)14/h3-5,9H,2,6H2,1H3,(H,15,16)(H,17,18). The molecular formula is C12H13F2NO3S. The summed E-state index contributed by atoms with van der Waals surface area (Å²) in [6, 6.07) is 3.24. The van der Waals surface area contributed by atoms with Crippen LogP contribution < -0.4 is 5.32 Å². The molecule has 19 heavy (non-hydrogen) atoms. The molecule has 104 valence electrons. The molecule has 0 aliphatic rings. The van der Waals surface area contributed by atoms with Crippen LogP contribution in [-0.4, -0.2) is 28.0 Å². The van der Waals surface area contributed by atoms with E-state index in [1.807, 2.05) is 0 Å². The van der Waals surface area contributed by atoms with Crippen molar-refractivity contribution in [2.75, 3.05) is 11.1 Å². The van der Waals surface area contributed by atoms with Crippen molar-refractivity contribution in [1.29, 1.82) is 0 Å². The fraction of sp³-hybridized carbons (Fsp3) is 0.333. The number of rotatable bonds is 6. The molecule has 1 aromatic rings. The van der Waals surface area contributed by atoms with Crippen molar-refractivity contribution < 1.29 is 23.5 Å². The van der Waals surface area contributed by atoms with Gasteiger partial charge in [0.15, 0.2) is 0 Å². The number of carbonyl (C=O) groups is 2. The monoisotopic (exact) mass is 289 g/mol. The van der Waals surface area contributed by atoms with E-state index in [-0.39, 0.29) is 5.75 Å². The minimum Gasteiger partial charge on any atom is -0.480 e. The zero-order valence-corrected chi connectivity index (χ0v) is 11.0. The summed E-state index contributed by atoms with van der Waals surface area (Å²) in [5.74, 6) is -3.59. The highest BCUT2D eigenvalue weighted by molar-refractivity contribution is 8.01. The average molecular weight is 289 g/mol. The minimum atomic E-state index is -1.02. The molecule has 2 N–H and O–H groups in total. The number of hydrogen-bond acceptors (Lipinski definition) is 3. The van der Waals surface area contributed by atoms with Gasteiger partial charge in [0.25, 0.3) is 0 Å². The maximum Gasteiger partial charge on any atom is 0.316 e. The van der Waals surface area contributed by atoms with E-state index in [4.69, 9.17) is 5.11 Å². The van der Waals surface area contributed by atoms with E-state index >= 15 is 0 Å². The smallest absolute Gasteiger partial charge is 0.316 e. The Labute approximate surface area is 113 Å². The van der Waals surface area contributed by atoms with Crippen LogP contribution in [0.1, 0.15) is 13.3 Å². The number of thioether (sulfide) groups is 1. The number of carboxylic acids is 1. The van der Waals surface area contributed by atoms with Crippen molar-refractivity contribution in [3.05, 3.63) is 29.8 Å². The zero-order chi connectivity index (χ0) is 14.4. The molecule has 1 aromatic carbocycles. The molecule has 4 nitrogen and oxygen atoms in total. The predicted octanol–water partition coefficient (Wildman–Crippen LogP) is 2.50. The van der Waals surface area contributed by atoms with Gasteiger partial charge >= 0.3 is 5.97 Å². The molecule has 0 spiro atoms. The summed E-state index contributed by atoms with van der Waals surface area (Å²) in [6.45, 7) is 1.68. The highest BCUT2D eigenvalue weighted by atomic mass is 32.2. The number of anilines is 1. The number of halogens is 2. The van der Waals surface area contributed by atoms with Crippen LogP contribution in [0.15, 0.2) is 18.2 Å². The van der Waals surface area contributed by atoms with Crippen molar-refractivity contribution in [3.63, 3.8) is 0 Å². The van der Waals surface area contributed by atoms with Crippen LogP contribution in [0.3, 0.4) is 0 Å². The first kappa shape index (κ1) is 15.4. The summed E-state index contributed by atoms with van der Waals surface area (Å²) < 4.78 is 26.5. The van der Waals surface area contributed by atoms with Crippen LogP contribution in [0, 0.1) is 11.6 Å². The molecule has 1 amide bonds. The van der Waals surface area contributed by atoms with Crippen molar-refractivity contribution >= 4 is 29.3 Å². The second kappa shape index (κ2) is 7.08. The molecule has 0 saturated heterocycles. The fourth-order valence-corrected chi connectivity index (χ4v) is 2.14. The number of para-hydroxylation sites is 1. The second-order valence-corrected chi connectivity index (χ2v) is 4.88. The Morgan fingerprint density at radius 3 is 2.42 bits per heavy atom. The van der Waals surface area contributed by atoms with Crippen LogP contribution in [-0.2, 0) is 9.59 Å². The van der Waals surface area contributed by atoms with Crippen LogP contribution in [0.5, 0.6) is 0 Å². The molecule has 0 aliphatic heterocycles. The molecule has 0 bridgehead atoms. The molecule has 0 heterocycles. The fourth-order valence-electron chi connectivity index (χ4n) is 1.33. The van der Waals surface area contributed by atoms with E-state index < -0.39 is 34.4 Å². The van der Waals surface area contributed by atoms with Gasteiger partial charge in [-0.2, -0.15) is 0 Å². The Morgan fingerprint density at radius 1 is 1.37 bits per heavy atom. The van der Waals surface area contributed by atoms with Crippen LogP contribution in [0.4, 0.5) is 14.5 Å². The van der Waals surface area contributed by atoms with Crippen molar-refractivity contribution in [3.8, 4) is 0 Å². The van der Waals surface area contributed by atoms with Gasteiger partial charge in [-0.05, 0) is 18.6 Å². The number of amides is 1. The Balaban J connectivity index is 2.59. The summed E-state index contributed by atoms with van der Waals surface area (Å²) in [5, 5.41) is 10.2. The van der Waals surface area contributed by atoms with Gasteiger partial charge in [0, 0.05) is 0 Å². The minimum absolute atomic E-state index is 0.182. The topological polar surface area (TPSA) is 66.4 Å². The number of aliphatic carboxylic acids is 1. The number of hydrogen-bond donors (Lipinski definition) is 2. The summed E-state index contributed by atoms with van der Waals surface area (Å²) in [7, 11) is 0. The summed E-state index contributed by atoms with van der Waals surface area (Å²) in [4.78, 5) is 22.2. The Bertz CT molecular complexity index is 462. The summed E-state index contributed by atoms with van der Waals surface area (Å²) in [6.07, 6.45) is 0.362. The quantitative estimate of drug-likeness (QED) is 0.844. The highest BCUT2D eigenvalue weighted by Crippen LogP contribution is 2.19. The van der Waals surface area contributed by atoms with Gasteiger partial charge < -0.3 is 10.4 Å². The van der Waals surface area contributed by atoms with Gasteiger partial charge in [-0.3, -0.25) is 9.59 Å². The van der Waals surface area contributed by atoms with Gasteiger partial charge in [0.05, 0.1) is 5.75 Å². The molecule has 0 aromatic heterocycles. The number of benzene rings is 1. The lowest BCUT2D eigenvalue weighted by Gasteiger charge is -2.10. The van der Waals surface area contributed by atoms with Gasteiger partial charge in [-0.1, -0.05) is 13.0 Å². The van der Waals surface area contributed by atoms with Gasteiger partial charge in [0.1, 0.15) is 22.6 Å². The second-order valence-electron chi connectivity index (χ2n) is 3.69. The van der Waals surface area contributed by atoms with E-state index in [1.165, 1.54) is 6.07 Å². The van der Waals surface area contributed by atoms with E-state index in [0.29, 0.717) is 6.42 Å². The third-order valence-electron chi connectivity index (χ3n) is 2.29. The Kier molecular flexibility index (Phi) is 5.75. The molecule has 0 fully saturated rings. The van der Waals surface area contributed by atoms with Gasteiger partial charge in [-0.25, -0.2) is 8.78 Å². The van der Waals surface area contributed by atoms with Gasteiger partial charge in [-0.15, -0.1) is 11.8 Å². The van der Waals surface area contributed by atoms with Crippen molar-refractivity contribution in [2.24, 2.45) is 0 Å².